The maximum absolute atomic E-state index is 13.9. The van der Waals surface area contributed by atoms with E-state index in [1.165, 1.54) is 16.2 Å². The van der Waals surface area contributed by atoms with Crippen LogP contribution in [0.3, 0.4) is 0 Å². The van der Waals surface area contributed by atoms with E-state index in [0.717, 1.165) is 21.0 Å². The molecule has 0 bridgehead atoms. The molecule has 45 heavy (non-hydrogen) atoms. The van der Waals surface area contributed by atoms with E-state index in [0.29, 0.717) is 5.56 Å². The summed E-state index contributed by atoms with van der Waals surface area (Å²) in [7, 11) is 0. The van der Waals surface area contributed by atoms with E-state index in [2.05, 4.69) is 15.6 Å². The van der Waals surface area contributed by atoms with Crippen LogP contribution in [0.2, 0.25) is 0 Å². The number of nitrogens with zero attached hydrogens (tertiary/aromatic N) is 3. The Labute approximate surface area is 264 Å². The monoisotopic (exact) mass is 633 g/mol. The number of β-amino-alcohol motifs (C(OH)–C–C–N with tert-alkyl or cyclic N) is 1. The molecule has 2 aliphatic rings. The van der Waals surface area contributed by atoms with Gasteiger partial charge in [0, 0.05) is 13.0 Å². The van der Waals surface area contributed by atoms with E-state index in [-0.39, 0.29) is 30.6 Å². The molecule has 4 atom stereocenters. The molecule has 5 amide bonds. The summed E-state index contributed by atoms with van der Waals surface area (Å²) in [6.07, 6.45) is -2.46. The van der Waals surface area contributed by atoms with Crippen LogP contribution in [-0.2, 0) is 9.59 Å². The number of carbonyl (C=O) groups is 5. The number of hydrogen-bond donors (Lipinski definition) is 4. The molecule has 1 aromatic heterocycles. The Hall–Kier alpha value is -4.62. The van der Waals surface area contributed by atoms with Gasteiger partial charge in [-0.1, -0.05) is 57.2 Å². The van der Waals surface area contributed by atoms with E-state index in [1.807, 2.05) is 19.1 Å². The molecule has 1 fully saturated rings. The number of rotatable bonds is 8. The molecule has 0 unspecified atom stereocenters. The zero-order chi connectivity index (χ0) is 32.6. The molecule has 13 heteroatoms. The van der Waals surface area contributed by atoms with Gasteiger partial charge in [0.15, 0.2) is 0 Å². The molecule has 0 radical (unpaired) electrons. The number of imide groups is 1. The van der Waals surface area contributed by atoms with Gasteiger partial charge in [-0.3, -0.25) is 24.1 Å². The number of carbonyl (C=O) groups excluding carboxylic acids is 4. The number of hydrogen-bond acceptors (Lipinski definition) is 8. The molecule has 4 N–H and O–H groups in total. The van der Waals surface area contributed by atoms with Crippen LogP contribution in [0.5, 0.6) is 0 Å². The quantitative estimate of drug-likeness (QED) is 0.274. The van der Waals surface area contributed by atoms with Crippen molar-refractivity contribution in [3.63, 3.8) is 0 Å². The minimum Gasteiger partial charge on any atom is -0.465 e. The third kappa shape index (κ3) is 6.45. The maximum atomic E-state index is 13.9. The summed E-state index contributed by atoms with van der Waals surface area (Å²) in [6.45, 7) is 6.67. The number of benzene rings is 2. The van der Waals surface area contributed by atoms with Crippen molar-refractivity contribution in [2.75, 3.05) is 13.1 Å². The molecule has 3 heterocycles. The van der Waals surface area contributed by atoms with E-state index < -0.39 is 59.4 Å². The Morgan fingerprint density at radius 2 is 1.64 bits per heavy atom. The Balaban J connectivity index is 1.44. The van der Waals surface area contributed by atoms with Gasteiger partial charge in [0.2, 0.25) is 11.8 Å². The molecule has 0 spiro atoms. The number of likely N-dealkylation sites (tertiary alicyclic amines) is 1. The van der Waals surface area contributed by atoms with Gasteiger partial charge in [0.05, 0.1) is 45.9 Å². The second kappa shape index (κ2) is 12.4. The van der Waals surface area contributed by atoms with Crippen LogP contribution in [0.1, 0.15) is 65.2 Å². The van der Waals surface area contributed by atoms with E-state index in [4.69, 9.17) is 0 Å². The average Bonchev–Trinajstić information content (AvgIpc) is 3.67. The number of carboxylic acid groups (broad SMARTS) is 1. The summed E-state index contributed by atoms with van der Waals surface area (Å²) < 4.78 is 0. The number of aliphatic hydroxyl groups excluding tert-OH is 1. The van der Waals surface area contributed by atoms with Crippen molar-refractivity contribution in [1.82, 2.24) is 25.4 Å². The van der Waals surface area contributed by atoms with Crippen LogP contribution in [-0.4, -0.2) is 86.0 Å². The van der Waals surface area contributed by atoms with Crippen LogP contribution >= 0.6 is 11.3 Å². The first-order valence-electron chi connectivity index (χ1n) is 14.5. The topological polar surface area (TPSA) is 169 Å². The van der Waals surface area contributed by atoms with Crippen LogP contribution in [0, 0.1) is 12.3 Å². The number of aryl methyl sites for hydroxylation is 1. The first-order valence-corrected chi connectivity index (χ1v) is 15.4. The molecular formula is C32H35N5O7S. The predicted octanol–water partition coefficient (Wildman–Crippen LogP) is 3.22. The van der Waals surface area contributed by atoms with Gasteiger partial charge in [-0.15, -0.1) is 11.3 Å². The molecule has 0 aliphatic carbocycles. The van der Waals surface area contributed by atoms with E-state index >= 15 is 0 Å². The third-order valence-electron chi connectivity index (χ3n) is 8.13. The fourth-order valence-corrected chi connectivity index (χ4v) is 6.59. The SMILES string of the molecule is Cc1ncsc1-c1ccc([C@H](CN2C(=O)c3ccccc3C2=O)NC(=O)[C@@H]2C[C@@H](O)CN2C(=O)[C@@H](NC(=O)O)C(C)(C)C)cc1. The van der Waals surface area contributed by atoms with E-state index in [1.54, 1.807) is 62.7 Å². The molecule has 2 aromatic carbocycles. The second-order valence-corrected chi connectivity index (χ2v) is 13.2. The van der Waals surface area contributed by atoms with Crippen molar-refractivity contribution in [3.05, 3.63) is 76.4 Å². The number of amides is 5. The van der Waals surface area contributed by atoms with Crippen LogP contribution in [0.15, 0.2) is 54.0 Å². The lowest BCUT2D eigenvalue weighted by Crippen LogP contribution is -2.58. The van der Waals surface area contributed by atoms with Gasteiger partial charge in [-0.05, 0) is 35.6 Å². The molecule has 236 valence electrons. The van der Waals surface area contributed by atoms with Gasteiger partial charge in [-0.25, -0.2) is 9.78 Å². The molecule has 12 nitrogen and oxygen atoms in total. The zero-order valence-electron chi connectivity index (χ0n) is 25.3. The average molecular weight is 634 g/mol. The predicted molar refractivity (Wildman–Crippen MR) is 166 cm³/mol. The number of thiazole rings is 1. The summed E-state index contributed by atoms with van der Waals surface area (Å²) in [5.41, 5.74) is 3.89. The third-order valence-corrected chi connectivity index (χ3v) is 9.10. The van der Waals surface area contributed by atoms with Crippen molar-refractivity contribution in [1.29, 1.82) is 0 Å². The van der Waals surface area contributed by atoms with E-state index in [9.17, 15) is 34.2 Å². The lowest BCUT2D eigenvalue weighted by molar-refractivity contribution is -0.142. The molecule has 3 aromatic rings. The number of aromatic nitrogens is 1. The Morgan fingerprint density at radius 3 is 2.18 bits per heavy atom. The van der Waals surface area contributed by atoms with Crippen molar-refractivity contribution in [2.45, 2.75) is 58.3 Å². The standard InChI is InChI=1S/C32H35N5O7S/c1-17-25(45-16-33-17)19-11-9-18(10-12-19)23(15-37-28(40)21-7-5-6-8-22(21)29(37)41)34-27(39)24-13-20(38)14-36(24)30(42)26(32(2,3)4)35-31(43)44/h5-12,16,20,23-24,26,35,38H,13-15H2,1-4H3,(H,34,39)(H,43,44)/t20-,23+,24+,26-/m1/s1. The van der Waals surface area contributed by atoms with Crippen LogP contribution in [0.25, 0.3) is 10.4 Å². The van der Waals surface area contributed by atoms with Crippen molar-refractivity contribution >= 4 is 41.1 Å². The van der Waals surface area contributed by atoms with Crippen LogP contribution < -0.4 is 10.6 Å². The fraction of sp³-hybridized carbons (Fsp3) is 0.375. The molecule has 5 rings (SSSR count). The van der Waals surface area contributed by atoms with Gasteiger partial charge < -0.3 is 25.7 Å². The summed E-state index contributed by atoms with van der Waals surface area (Å²) in [6, 6.07) is 10.7. The molecular weight excluding hydrogens is 598 g/mol. The summed E-state index contributed by atoms with van der Waals surface area (Å²) in [4.78, 5) is 73.1. The lowest BCUT2D eigenvalue weighted by atomic mass is 9.85. The lowest BCUT2D eigenvalue weighted by Gasteiger charge is -2.35. The van der Waals surface area contributed by atoms with Gasteiger partial charge in [0.25, 0.3) is 11.8 Å². The summed E-state index contributed by atoms with van der Waals surface area (Å²) in [5, 5.41) is 25.1. The van der Waals surface area contributed by atoms with Crippen molar-refractivity contribution in [3.8, 4) is 10.4 Å². The van der Waals surface area contributed by atoms with Gasteiger partial charge in [-0.2, -0.15) is 0 Å². The number of aliphatic hydroxyl groups is 1. The smallest absolute Gasteiger partial charge is 0.405 e. The number of nitrogens with one attached hydrogen (secondary N) is 2. The first-order chi connectivity index (χ1) is 21.3. The maximum Gasteiger partial charge on any atom is 0.405 e. The highest BCUT2D eigenvalue weighted by atomic mass is 32.1. The minimum atomic E-state index is -1.39. The summed E-state index contributed by atoms with van der Waals surface area (Å²) >= 11 is 1.49. The highest BCUT2D eigenvalue weighted by Crippen LogP contribution is 2.31. The minimum absolute atomic E-state index is 0.0646. The molecule has 1 saturated heterocycles. The fourth-order valence-electron chi connectivity index (χ4n) is 5.78. The number of fused-ring (bicyclic) bond motifs is 1. The van der Waals surface area contributed by atoms with Crippen molar-refractivity contribution < 1.29 is 34.2 Å². The Bertz CT molecular complexity index is 1610. The van der Waals surface area contributed by atoms with Gasteiger partial charge in [0.1, 0.15) is 12.1 Å². The van der Waals surface area contributed by atoms with Crippen LogP contribution in [0.4, 0.5) is 4.79 Å². The highest BCUT2D eigenvalue weighted by molar-refractivity contribution is 7.13. The van der Waals surface area contributed by atoms with Crippen molar-refractivity contribution in [2.24, 2.45) is 5.41 Å². The largest absolute Gasteiger partial charge is 0.465 e. The first kappa shape index (κ1) is 31.8. The normalized spacial score (nSPS) is 19.3. The Kier molecular flexibility index (Phi) is 8.77. The Morgan fingerprint density at radius 1 is 1.02 bits per heavy atom. The molecule has 0 saturated carbocycles. The summed E-state index contributed by atoms with van der Waals surface area (Å²) in [5.74, 6) is -2.20. The van der Waals surface area contributed by atoms with Gasteiger partial charge >= 0.3 is 6.09 Å². The second-order valence-electron chi connectivity index (χ2n) is 12.4. The highest BCUT2D eigenvalue weighted by Gasteiger charge is 2.45. The zero-order valence-corrected chi connectivity index (χ0v) is 26.1. The molecule has 2 aliphatic heterocycles.